The van der Waals surface area contributed by atoms with Crippen LogP contribution in [-0.4, -0.2) is 16.3 Å². The Morgan fingerprint density at radius 2 is 1.74 bits per heavy atom. The van der Waals surface area contributed by atoms with Crippen molar-refractivity contribution in [3.8, 4) is 0 Å². The molecule has 1 spiro atoms. The van der Waals surface area contributed by atoms with Crippen LogP contribution in [0.5, 0.6) is 0 Å². The number of thiocarbonyl (C=S) groups is 1. The molecule has 2 atom stereocenters. The number of ether oxygens (including phenoxy) is 1. The highest BCUT2D eigenvalue weighted by Crippen LogP contribution is 2.51. The summed E-state index contributed by atoms with van der Waals surface area (Å²) in [4.78, 5) is 0. The Hall–Kier alpha value is -1.09. The van der Waals surface area contributed by atoms with Gasteiger partial charge < -0.3 is 10.1 Å². The zero-order valence-corrected chi connectivity index (χ0v) is 14.7. The van der Waals surface area contributed by atoms with Crippen molar-refractivity contribution < 1.29 is 4.74 Å². The van der Waals surface area contributed by atoms with E-state index in [9.17, 15) is 0 Å². The fourth-order valence-electron chi connectivity index (χ4n) is 5.46. The second-order valence-electron chi connectivity index (χ2n) is 7.76. The van der Waals surface area contributed by atoms with E-state index < -0.39 is 0 Å². The van der Waals surface area contributed by atoms with E-state index in [0.717, 1.165) is 12.8 Å². The van der Waals surface area contributed by atoms with Crippen molar-refractivity contribution in [3.05, 3.63) is 35.9 Å². The smallest absolute Gasteiger partial charge is 0.257 e. The number of hydrogen-bond acceptors (Lipinski definition) is 2. The van der Waals surface area contributed by atoms with Crippen LogP contribution in [-0.2, 0) is 11.2 Å². The molecule has 4 rings (SSSR count). The molecule has 3 fully saturated rings. The first-order valence-electron chi connectivity index (χ1n) is 9.28. The van der Waals surface area contributed by atoms with Crippen LogP contribution in [0.25, 0.3) is 0 Å². The maximum atomic E-state index is 6.43. The SMILES string of the molecule is S=C1NC2(CCCCC2)C2CCCCC2(Cc2ccccc2)O1. The third-order valence-electron chi connectivity index (χ3n) is 6.38. The molecule has 1 aromatic rings. The van der Waals surface area contributed by atoms with Crippen molar-refractivity contribution in [2.45, 2.75) is 75.3 Å². The lowest BCUT2D eigenvalue weighted by atomic mass is 9.59. The van der Waals surface area contributed by atoms with Gasteiger partial charge in [0.2, 0.25) is 0 Å². The zero-order valence-electron chi connectivity index (χ0n) is 13.9. The molecule has 1 aliphatic heterocycles. The predicted molar refractivity (Wildman–Crippen MR) is 97.5 cm³/mol. The number of fused-ring (bicyclic) bond motifs is 2. The summed E-state index contributed by atoms with van der Waals surface area (Å²) in [7, 11) is 0. The largest absolute Gasteiger partial charge is 0.464 e. The van der Waals surface area contributed by atoms with E-state index in [-0.39, 0.29) is 11.1 Å². The van der Waals surface area contributed by atoms with Crippen LogP contribution in [0.1, 0.15) is 63.4 Å². The Morgan fingerprint density at radius 1 is 1.00 bits per heavy atom. The van der Waals surface area contributed by atoms with E-state index in [1.165, 1.54) is 56.9 Å². The molecule has 3 aliphatic rings. The molecule has 2 unspecified atom stereocenters. The molecule has 124 valence electrons. The van der Waals surface area contributed by atoms with Crippen molar-refractivity contribution in [2.75, 3.05) is 0 Å². The summed E-state index contributed by atoms with van der Waals surface area (Å²) >= 11 is 5.58. The summed E-state index contributed by atoms with van der Waals surface area (Å²) in [5.74, 6) is 0.593. The summed E-state index contributed by atoms with van der Waals surface area (Å²) in [6.45, 7) is 0. The van der Waals surface area contributed by atoms with Crippen LogP contribution in [0.2, 0.25) is 0 Å². The Morgan fingerprint density at radius 3 is 2.52 bits per heavy atom. The highest BCUT2D eigenvalue weighted by molar-refractivity contribution is 7.80. The molecule has 1 aromatic carbocycles. The second-order valence-corrected chi connectivity index (χ2v) is 8.13. The van der Waals surface area contributed by atoms with Crippen molar-refractivity contribution in [1.82, 2.24) is 5.32 Å². The van der Waals surface area contributed by atoms with Gasteiger partial charge in [-0.2, -0.15) is 0 Å². The lowest BCUT2D eigenvalue weighted by Gasteiger charge is -2.58. The molecule has 23 heavy (non-hydrogen) atoms. The van der Waals surface area contributed by atoms with Crippen molar-refractivity contribution in [1.29, 1.82) is 0 Å². The summed E-state index contributed by atoms with van der Waals surface area (Å²) < 4.78 is 6.43. The molecular weight excluding hydrogens is 302 g/mol. The molecule has 2 nitrogen and oxygen atoms in total. The van der Waals surface area contributed by atoms with Crippen LogP contribution in [0.3, 0.4) is 0 Å². The van der Waals surface area contributed by atoms with Gasteiger partial charge in [-0.3, -0.25) is 0 Å². The first-order valence-corrected chi connectivity index (χ1v) is 9.68. The average Bonchev–Trinajstić information content (AvgIpc) is 2.56. The minimum atomic E-state index is -0.0841. The average molecular weight is 330 g/mol. The summed E-state index contributed by atoms with van der Waals surface area (Å²) in [5, 5.41) is 4.30. The number of rotatable bonds is 2. The van der Waals surface area contributed by atoms with E-state index in [1.54, 1.807) is 0 Å². The quantitative estimate of drug-likeness (QED) is 0.790. The van der Waals surface area contributed by atoms with Gasteiger partial charge in [0, 0.05) is 17.9 Å². The maximum Gasteiger partial charge on any atom is 0.257 e. The molecule has 2 aliphatic carbocycles. The molecular formula is C20H27NOS. The summed E-state index contributed by atoms with van der Waals surface area (Å²) in [6.07, 6.45) is 12.6. The molecule has 1 saturated heterocycles. The molecule has 1 heterocycles. The Bertz CT molecular complexity index is 566. The molecule has 0 bridgehead atoms. The van der Waals surface area contributed by atoms with Gasteiger partial charge in [0.05, 0.1) is 0 Å². The molecule has 2 saturated carbocycles. The second kappa shape index (κ2) is 6.08. The predicted octanol–water partition coefficient (Wildman–Crippen LogP) is 4.77. The molecule has 0 aromatic heterocycles. The van der Waals surface area contributed by atoms with Crippen LogP contribution >= 0.6 is 12.2 Å². The normalized spacial score (nSPS) is 32.7. The number of nitrogens with one attached hydrogen (secondary N) is 1. The minimum absolute atomic E-state index is 0.0841. The van der Waals surface area contributed by atoms with Gasteiger partial charge in [0.1, 0.15) is 5.60 Å². The highest BCUT2D eigenvalue weighted by atomic mass is 32.1. The third kappa shape index (κ3) is 2.77. The zero-order chi connectivity index (χ0) is 15.8. The highest BCUT2D eigenvalue weighted by Gasteiger charge is 2.57. The topological polar surface area (TPSA) is 21.3 Å². The number of hydrogen-bond donors (Lipinski definition) is 1. The lowest BCUT2D eigenvalue weighted by molar-refractivity contribution is -0.107. The Kier molecular flexibility index (Phi) is 4.08. The minimum Gasteiger partial charge on any atom is -0.464 e. The third-order valence-corrected chi connectivity index (χ3v) is 6.57. The van der Waals surface area contributed by atoms with E-state index in [0.29, 0.717) is 11.1 Å². The van der Waals surface area contributed by atoms with Crippen LogP contribution in [0, 0.1) is 5.92 Å². The first kappa shape index (κ1) is 15.4. The number of benzene rings is 1. The van der Waals surface area contributed by atoms with Crippen molar-refractivity contribution in [2.24, 2.45) is 5.92 Å². The van der Waals surface area contributed by atoms with E-state index >= 15 is 0 Å². The van der Waals surface area contributed by atoms with Crippen LogP contribution < -0.4 is 5.32 Å². The van der Waals surface area contributed by atoms with Gasteiger partial charge in [0.25, 0.3) is 5.17 Å². The fourth-order valence-corrected chi connectivity index (χ4v) is 5.83. The van der Waals surface area contributed by atoms with Crippen LogP contribution in [0.15, 0.2) is 30.3 Å². The monoisotopic (exact) mass is 329 g/mol. The molecule has 0 radical (unpaired) electrons. The van der Waals surface area contributed by atoms with Gasteiger partial charge in [-0.05, 0) is 49.9 Å². The van der Waals surface area contributed by atoms with Crippen molar-refractivity contribution in [3.63, 3.8) is 0 Å². The Labute approximate surface area is 145 Å². The van der Waals surface area contributed by atoms with Gasteiger partial charge >= 0.3 is 0 Å². The standard InChI is InChI=1S/C20H27NOS/c23-18-21-19(12-6-2-7-13-19)17-11-5-8-14-20(17,22-18)15-16-9-3-1-4-10-16/h1,3-4,9-10,17H,2,5-8,11-15H2,(H,21,23). The van der Waals surface area contributed by atoms with Gasteiger partial charge in [-0.1, -0.05) is 56.0 Å². The van der Waals surface area contributed by atoms with Crippen molar-refractivity contribution >= 4 is 17.4 Å². The van der Waals surface area contributed by atoms with E-state index in [4.69, 9.17) is 17.0 Å². The Balaban J connectivity index is 1.70. The molecule has 1 N–H and O–H groups in total. The van der Waals surface area contributed by atoms with Crippen LogP contribution in [0.4, 0.5) is 0 Å². The van der Waals surface area contributed by atoms with Gasteiger partial charge in [-0.15, -0.1) is 0 Å². The fraction of sp³-hybridized carbons (Fsp3) is 0.650. The lowest BCUT2D eigenvalue weighted by Crippen LogP contribution is -2.69. The van der Waals surface area contributed by atoms with Gasteiger partial charge in [-0.25, -0.2) is 0 Å². The maximum absolute atomic E-state index is 6.43. The molecule has 3 heteroatoms. The summed E-state index contributed by atoms with van der Waals surface area (Å²) in [6, 6.07) is 10.8. The first-order chi connectivity index (χ1) is 11.2. The summed E-state index contributed by atoms with van der Waals surface area (Å²) in [5.41, 5.74) is 1.50. The molecule has 0 amide bonds. The van der Waals surface area contributed by atoms with Gasteiger partial charge in [0.15, 0.2) is 0 Å². The van der Waals surface area contributed by atoms with E-state index in [2.05, 4.69) is 35.6 Å². The van der Waals surface area contributed by atoms with E-state index in [1.807, 2.05) is 0 Å².